The van der Waals surface area contributed by atoms with Crippen LogP contribution in [-0.2, 0) is 13.0 Å². The lowest BCUT2D eigenvalue weighted by Gasteiger charge is -2.04. The molecule has 1 rings (SSSR count). The highest BCUT2D eigenvalue weighted by atomic mass is 15.3. The van der Waals surface area contributed by atoms with Crippen molar-refractivity contribution in [2.75, 3.05) is 0 Å². The van der Waals surface area contributed by atoms with Crippen LogP contribution in [0.5, 0.6) is 0 Å². The number of hydrogen-bond acceptors (Lipinski definition) is 2. The van der Waals surface area contributed by atoms with E-state index < -0.39 is 0 Å². The molecule has 0 aliphatic rings. The SMILES string of the molecule is CC(C)Cn1ccc(C[C@H](C)N)n1. The van der Waals surface area contributed by atoms with E-state index in [2.05, 4.69) is 18.9 Å². The molecule has 13 heavy (non-hydrogen) atoms. The standard InChI is InChI=1S/C10H19N3/c1-8(2)7-13-5-4-10(12-13)6-9(3)11/h4-5,8-9H,6-7,11H2,1-3H3/t9-/m0/s1. The van der Waals surface area contributed by atoms with Crippen LogP contribution in [0.15, 0.2) is 12.3 Å². The van der Waals surface area contributed by atoms with Crippen LogP contribution >= 0.6 is 0 Å². The Morgan fingerprint density at radius 1 is 1.46 bits per heavy atom. The zero-order valence-corrected chi connectivity index (χ0v) is 8.70. The van der Waals surface area contributed by atoms with Crippen molar-refractivity contribution in [3.8, 4) is 0 Å². The lowest BCUT2D eigenvalue weighted by molar-refractivity contribution is 0.478. The first kappa shape index (κ1) is 10.3. The van der Waals surface area contributed by atoms with E-state index in [4.69, 9.17) is 5.73 Å². The Morgan fingerprint density at radius 2 is 2.15 bits per heavy atom. The van der Waals surface area contributed by atoms with Crippen molar-refractivity contribution in [3.63, 3.8) is 0 Å². The number of nitrogens with zero attached hydrogens (tertiary/aromatic N) is 2. The minimum absolute atomic E-state index is 0.197. The quantitative estimate of drug-likeness (QED) is 0.763. The van der Waals surface area contributed by atoms with Crippen molar-refractivity contribution >= 4 is 0 Å². The highest BCUT2D eigenvalue weighted by Crippen LogP contribution is 2.02. The first-order valence-electron chi connectivity index (χ1n) is 4.86. The van der Waals surface area contributed by atoms with E-state index in [0.29, 0.717) is 5.92 Å². The summed E-state index contributed by atoms with van der Waals surface area (Å²) in [4.78, 5) is 0. The van der Waals surface area contributed by atoms with Gasteiger partial charge in [0.2, 0.25) is 0 Å². The summed E-state index contributed by atoms with van der Waals surface area (Å²) in [7, 11) is 0. The molecule has 0 bridgehead atoms. The van der Waals surface area contributed by atoms with Gasteiger partial charge in [-0.25, -0.2) is 0 Å². The van der Waals surface area contributed by atoms with Crippen LogP contribution in [0, 0.1) is 5.92 Å². The van der Waals surface area contributed by atoms with Crippen molar-refractivity contribution in [1.29, 1.82) is 0 Å². The van der Waals surface area contributed by atoms with Crippen molar-refractivity contribution in [2.24, 2.45) is 11.7 Å². The zero-order chi connectivity index (χ0) is 9.84. The number of rotatable bonds is 4. The Morgan fingerprint density at radius 3 is 2.69 bits per heavy atom. The molecule has 1 atom stereocenters. The fourth-order valence-electron chi connectivity index (χ4n) is 1.32. The summed E-state index contributed by atoms with van der Waals surface area (Å²) in [6, 6.07) is 2.24. The maximum atomic E-state index is 5.69. The van der Waals surface area contributed by atoms with Gasteiger partial charge in [-0.05, 0) is 18.9 Å². The summed E-state index contributed by atoms with van der Waals surface area (Å²) in [5.41, 5.74) is 6.78. The molecule has 0 radical (unpaired) electrons. The summed E-state index contributed by atoms with van der Waals surface area (Å²) in [5, 5.41) is 4.43. The molecule has 0 saturated heterocycles. The van der Waals surface area contributed by atoms with Gasteiger partial charge < -0.3 is 5.73 Å². The molecule has 0 amide bonds. The monoisotopic (exact) mass is 181 g/mol. The second-order valence-corrected chi connectivity index (χ2v) is 4.10. The maximum absolute atomic E-state index is 5.69. The van der Waals surface area contributed by atoms with E-state index >= 15 is 0 Å². The molecule has 0 saturated carbocycles. The molecule has 1 aromatic heterocycles. The van der Waals surface area contributed by atoms with Gasteiger partial charge in [-0.3, -0.25) is 4.68 Å². The topological polar surface area (TPSA) is 43.8 Å². The molecule has 3 heteroatoms. The Labute approximate surface area is 79.9 Å². The second-order valence-electron chi connectivity index (χ2n) is 4.10. The third kappa shape index (κ3) is 3.59. The van der Waals surface area contributed by atoms with Gasteiger partial charge in [0.25, 0.3) is 0 Å². The Hall–Kier alpha value is -0.830. The molecular weight excluding hydrogens is 162 g/mol. The summed E-state index contributed by atoms with van der Waals surface area (Å²) < 4.78 is 1.99. The van der Waals surface area contributed by atoms with Gasteiger partial charge in [-0.1, -0.05) is 13.8 Å². The number of aromatic nitrogens is 2. The van der Waals surface area contributed by atoms with Crippen molar-refractivity contribution in [3.05, 3.63) is 18.0 Å². The minimum Gasteiger partial charge on any atom is -0.328 e. The van der Waals surface area contributed by atoms with Crippen molar-refractivity contribution in [1.82, 2.24) is 9.78 Å². The molecule has 0 unspecified atom stereocenters. The van der Waals surface area contributed by atoms with E-state index in [1.54, 1.807) is 0 Å². The Balaban J connectivity index is 2.53. The normalized spacial score (nSPS) is 13.6. The molecule has 1 heterocycles. The first-order chi connectivity index (χ1) is 6.08. The molecule has 0 fully saturated rings. The molecule has 0 aliphatic heterocycles. The van der Waals surface area contributed by atoms with E-state index in [0.717, 1.165) is 18.7 Å². The van der Waals surface area contributed by atoms with Crippen LogP contribution in [0.25, 0.3) is 0 Å². The molecule has 3 nitrogen and oxygen atoms in total. The van der Waals surface area contributed by atoms with Crippen LogP contribution in [0.3, 0.4) is 0 Å². The third-order valence-corrected chi connectivity index (χ3v) is 1.78. The van der Waals surface area contributed by atoms with E-state index in [9.17, 15) is 0 Å². The fourth-order valence-corrected chi connectivity index (χ4v) is 1.32. The minimum atomic E-state index is 0.197. The van der Waals surface area contributed by atoms with Crippen LogP contribution in [-0.4, -0.2) is 15.8 Å². The molecular formula is C10H19N3. The van der Waals surface area contributed by atoms with Crippen LogP contribution in [0.2, 0.25) is 0 Å². The van der Waals surface area contributed by atoms with E-state index in [-0.39, 0.29) is 6.04 Å². The van der Waals surface area contributed by atoms with E-state index in [1.807, 2.05) is 23.9 Å². The maximum Gasteiger partial charge on any atom is 0.0639 e. The second kappa shape index (κ2) is 4.42. The molecule has 0 spiro atoms. The molecule has 0 aliphatic carbocycles. The predicted octanol–water partition coefficient (Wildman–Crippen LogP) is 1.43. The van der Waals surface area contributed by atoms with Gasteiger partial charge in [0, 0.05) is 25.2 Å². The third-order valence-electron chi connectivity index (χ3n) is 1.78. The average Bonchev–Trinajstić information content (AvgIpc) is 2.33. The lowest BCUT2D eigenvalue weighted by Crippen LogP contribution is -2.18. The smallest absolute Gasteiger partial charge is 0.0639 e. The largest absolute Gasteiger partial charge is 0.328 e. The summed E-state index contributed by atoms with van der Waals surface area (Å²) >= 11 is 0. The first-order valence-corrected chi connectivity index (χ1v) is 4.86. The average molecular weight is 181 g/mol. The van der Waals surface area contributed by atoms with Crippen LogP contribution < -0.4 is 5.73 Å². The van der Waals surface area contributed by atoms with Crippen LogP contribution in [0.4, 0.5) is 0 Å². The zero-order valence-electron chi connectivity index (χ0n) is 8.70. The van der Waals surface area contributed by atoms with Gasteiger partial charge in [-0.2, -0.15) is 5.10 Å². The van der Waals surface area contributed by atoms with Gasteiger partial charge >= 0.3 is 0 Å². The van der Waals surface area contributed by atoms with Gasteiger partial charge in [-0.15, -0.1) is 0 Å². The highest BCUT2D eigenvalue weighted by Gasteiger charge is 2.02. The summed E-state index contributed by atoms with van der Waals surface area (Å²) in [5.74, 6) is 0.642. The van der Waals surface area contributed by atoms with Gasteiger partial charge in [0.15, 0.2) is 0 Å². The molecule has 74 valence electrons. The highest BCUT2D eigenvalue weighted by molar-refractivity contribution is 5.00. The molecule has 0 aromatic carbocycles. The molecule has 2 N–H and O–H groups in total. The van der Waals surface area contributed by atoms with Gasteiger partial charge in [0.1, 0.15) is 0 Å². The van der Waals surface area contributed by atoms with Crippen molar-refractivity contribution < 1.29 is 0 Å². The summed E-state index contributed by atoms with van der Waals surface area (Å²) in [6.07, 6.45) is 2.89. The predicted molar refractivity (Wildman–Crippen MR) is 54.4 cm³/mol. The lowest BCUT2D eigenvalue weighted by atomic mass is 10.2. The van der Waals surface area contributed by atoms with Crippen molar-refractivity contribution in [2.45, 2.75) is 39.8 Å². The number of nitrogens with two attached hydrogens (primary N) is 1. The Kier molecular flexibility index (Phi) is 3.48. The fraction of sp³-hybridized carbons (Fsp3) is 0.700. The number of hydrogen-bond donors (Lipinski definition) is 1. The molecule has 1 aromatic rings. The van der Waals surface area contributed by atoms with Crippen LogP contribution in [0.1, 0.15) is 26.5 Å². The van der Waals surface area contributed by atoms with Gasteiger partial charge in [0.05, 0.1) is 5.69 Å². The summed E-state index contributed by atoms with van der Waals surface area (Å²) in [6.45, 7) is 7.36. The Bertz CT molecular complexity index is 226. The van der Waals surface area contributed by atoms with E-state index in [1.165, 1.54) is 0 Å².